The zero-order chi connectivity index (χ0) is 15.2. The van der Waals surface area contributed by atoms with Crippen LogP contribution in [-0.2, 0) is 18.3 Å². The second-order valence-corrected chi connectivity index (χ2v) is 5.80. The molecule has 1 aromatic heterocycles. The average Bonchev–Trinajstić information content (AvgIpc) is 2.64. The molecule has 6 nitrogen and oxygen atoms in total. The normalized spacial score (nSPS) is 11.4. The van der Waals surface area contributed by atoms with E-state index in [0.29, 0.717) is 12.4 Å². The van der Waals surface area contributed by atoms with Crippen molar-refractivity contribution in [1.29, 1.82) is 0 Å². The molecule has 0 fully saturated rings. The molecular formula is C14H26N4O2. The zero-order valence-electron chi connectivity index (χ0n) is 13.1. The molecule has 0 radical (unpaired) electrons. The maximum atomic E-state index is 11.8. The first-order valence-corrected chi connectivity index (χ1v) is 7.05. The Morgan fingerprint density at radius 3 is 2.75 bits per heavy atom. The third-order valence-corrected chi connectivity index (χ3v) is 2.66. The maximum Gasteiger partial charge on any atom is 0.413 e. The van der Waals surface area contributed by atoms with Gasteiger partial charge in [-0.05, 0) is 33.7 Å². The second kappa shape index (κ2) is 7.28. The van der Waals surface area contributed by atoms with Crippen molar-refractivity contribution < 1.29 is 9.53 Å². The fourth-order valence-corrected chi connectivity index (χ4v) is 1.70. The lowest BCUT2D eigenvalue weighted by Crippen LogP contribution is -2.28. The number of hydrogen-bond donors (Lipinski definition) is 2. The van der Waals surface area contributed by atoms with E-state index >= 15 is 0 Å². The number of anilines is 1. The van der Waals surface area contributed by atoms with Crippen LogP contribution in [0.15, 0.2) is 6.20 Å². The van der Waals surface area contributed by atoms with E-state index in [1.165, 1.54) is 0 Å². The first kappa shape index (κ1) is 16.5. The summed E-state index contributed by atoms with van der Waals surface area (Å²) in [6.07, 6.45) is 3.58. The van der Waals surface area contributed by atoms with Gasteiger partial charge in [0.2, 0.25) is 0 Å². The fraction of sp³-hybridized carbons (Fsp3) is 0.714. The standard InChI is InChI=1S/C14H26N4O2/c1-6-7-8-15-9-11-10-16-18(5)12(11)17-13(19)20-14(2,3)4/h10,15H,6-9H2,1-5H3,(H,17,19). The van der Waals surface area contributed by atoms with E-state index in [4.69, 9.17) is 4.74 Å². The number of hydrogen-bond acceptors (Lipinski definition) is 4. The SMILES string of the molecule is CCCCNCc1cnn(C)c1NC(=O)OC(C)(C)C. The summed E-state index contributed by atoms with van der Waals surface area (Å²) in [5.41, 5.74) is 0.442. The fourth-order valence-electron chi connectivity index (χ4n) is 1.70. The summed E-state index contributed by atoms with van der Waals surface area (Å²) in [7, 11) is 1.79. The van der Waals surface area contributed by atoms with Crippen LogP contribution in [0, 0.1) is 0 Å². The van der Waals surface area contributed by atoms with E-state index in [1.54, 1.807) is 17.9 Å². The third-order valence-electron chi connectivity index (χ3n) is 2.66. The smallest absolute Gasteiger partial charge is 0.413 e. The average molecular weight is 282 g/mol. The molecule has 0 unspecified atom stereocenters. The topological polar surface area (TPSA) is 68.2 Å². The largest absolute Gasteiger partial charge is 0.444 e. The van der Waals surface area contributed by atoms with E-state index in [2.05, 4.69) is 22.7 Å². The number of nitrogens with one attached hydrogen (secondary N) is 2. The summed E-state index contributed by atoms with van der Waals surface area (Å²) in [5.74, 6) is 0.670. The molecule has 0 aromatic carbocycles. The molecule has 6 heteroatoms. The Balaban J connectivity index is 2.60. The summed E-state index contributed by atoms with van der Waals surface area (Å²) < 4.78 is 6.89. The minimum Gasteiger partial charge on any atom is -0.444 e. The van der Waals surface area contributed by atoms with Crippen LogP contribution in [0.1, 0.15) is 46.1 Å². The number of aryl methyl sites for hydroxylation is 1. The number of nitrogens with zero attached hydrogens (tertiary/aromatic N) is 2. The van der Waals surface area contributed by atoms with E-state index in [1.807, 2.05) is 20.8 Å². The molecule has 114 valence electrons. The van der Waals surface area contributed by atoms with Crippen LogP contribution in [0.25, 0.3) is 0 Å². The van der Waals surface area contributed by atoms with Gasteiger partial charge in [0.15, 0.2) is 0 Å². The summed E-state index contributed by atoms with van der Waals surface area (Å²) >= 11 is 0. The predicted molar refractivity (Wildman–Crippen MR) is 79.7 cm³/mol. The highest BCUT2D eigenvalue weighted by atomic mass is 16.6. The molecule has 0 saturated heterocycles. The second-order valence-electron chi connectivity index (χ2n) is 5.80. The van der Waals surface area contributed by atoms with Crippen molar-refractivity contribution >= 4 is 11.9 Å². The molecular weight excluding hydrogens is 256 g/mol. The molecule has 0 aliphatic rings. The Labute approximate surface area is 120 Å². The van der Waals surface area contributed by atoms with Crippen LogP contribution >= 0.6 is 0 Å². The number of unbranched alkanes of at least 4 members (excludes halogenated alkanes) is 1. The van der Waals surface area contributed by atoms with Gasteiger partial charge in [-0.15, -0.1) is 0 Å². The van der Waals surface area contributed by atoms with Crippen LogP contribution in [0.2, 0.25) is 0 Å². The van der Waals surface area contributed by atoms with Crippen LogP contribution < -0.4 is 10.6 Å². The third kappa shape index (κ3) is 5.61. The molecule has 0 aliphatic carbocycles. The van der Waals surface area contributed by atoms with Gasteiger partial charge in [0.1, 0.15) is 11.4 Å². The number of carbonyl (C=O) groups excluding carboxylic acids is 1. The van der Waals surface area contributed by atoms with Gasteiger partial charge in [0.25, 0.3) is 0 Å². The summed E-state index contributed by atoms with van der Waals surface area (Å²) in [6.45, 7) is 9.30. The molecule has 1 heterocycles. The van der Waals surface area contributed by atoms with Gasteiger partial charge in [0, 0.05) is 19.2 Å². The van der Waals surface area contributed by atoms with Crippen molar-refractivity contribution in [3.05, 3.63) is 11.8 Å². The minimum atomic E-state index is -0.512. The Morgan fingerprint density at radius 1 is 1.45 bits per heavy atom. The maximum absolute atomic E-state index is 11.8. The highest BCUT2D eigenvalue weighted by molar-refractivity contribution is 5.84. The number of aromatic nitrogens is 2. The van der Waals surface area contributed by atoms with Gasteiger partial charge < -0.3 is 10.1 Å². The van der Waals surface area contributed by atoms with Gasteiger partial charge in [-0.2, -0.15) is 5.10 Å². The lowest BCUT2D eigenvalue weighted by Gasteiger charge is -2.20. The van der Waals surface area contributed by atoms with Crippen LogP contribution in [0.5, 0.6) is 0 Å². The quantitative estimate of drug-likeness (QED) is 0.787. The van der Waals surface area contributed by atoms with Crippen LogP contribution in [0.3, 0.4) is 0 Å². The van der Waals surface area contributed by atoms with Crippen molar-refractivity contribution in [2.45, 2.75) is 52.7 Å². The van der Waals surface area contributed by atoms with Crippen molar-refractivity contribution in [3.63, 3.8) is 0 Å². The Hall–Kier alpha value is -1.56. The molecule has 0 atom stereocenters. The van der Waals surface area contributed by atoms with Crippen LogP contribution in [0.4, 0.5) is 10.6 Å². The lowest BCUT2D eigenvalue weighted by atomic mass is 10.2. The molecule has 0 aliphatic heterocycles. The van der Waals surface area contributed by atoms with Gasteiger partial charge in [-0.1, -0.05) is 13.3 Å². The first-order valence-electron chi connectivity index (χ1n) is 7.05. The van der Waals surface area contributed by atoms with Crippen molar-refractivity contribution in [3.8, 4) is 0 Å². The van der Waals surface area contributed by atoms with Gasteiger partial charge >= 0.3 is 6.09 Å². The molecule has 1 aromatic rings. The van der Waals surface area contributed by atoms with Gasteiger partial charge in [-0.25, -0.2) is 4.79 Å². The van der Waals surface area contributed by atoms with E-state index in [-0.39, 0.29) is 0 Å². The molecule has 1 rings (SSSR count). The molecule has 0 spiro atoms. The van der Waals surface area contributed by atoms with Crippen LogP contribution in [-0.4, -0.2) is 28.0 Å². The molecule has 0 saturated carbocycles. The van der Waals surface area contributed by atoms with Gasteiger partial charge in [0.05, 0.1) is 6.20 Å². The predicted octanol–water partition coefficient (Wildman–Crippen LogP) is 2.66. The number of carbonyl (C=O) groups is 1. The lowest BCUT2D eigenvalue weighted by molar-refractivity contribution is 0.0634. The summed E-state index contributed by atoms with van der Waals surface area (Å²) in [4.78, 5) is 11.8. The number of rotatable bonds is 6. The van der Waals surface area contributed by atoms with Crippen molar-refractivity contribution in [2.24, 2.45) is 7.05 Å². The summed E-state index contributed by atoms with van der Waals surface area (Å²) in [6, 6.07) is 0. The number of ether oxygens (including phenoxy) is 1. The van der Waals surface area contributed by atoms with E-state index in [0.717, 1.165) is 24.9 Å². The van der Waals surface area contributed by atoms with E-state index < -0.39 is 11.7 Å². The van der Waals surface area contributed by atoms with Gasteiger partial charge in [-0.3, -0.25) is 10.00 Å². The molecule has 2 N–H and O–H groups in total. The summed E-state index contributed by atoms with van der Waals surface area (Å²) in [5, 5.41) is 10.3. The highest BCUT2D eigenvalue weighted by Crippen LogP contribution is 2.16. The highest BCUT2D eigenvalue weighted by Gasteiger charge is 2.18. The number of amides is 1. The first-order chi connectivity index (χ1) is 9.33. The molecule has 20 heavy (non-hydrogen) atoms. The Kier molecular flexibility index (Phi) is 6.01. The monoisotopic (exact) mass is 282 g/mol. The Morgan fingerprint density at radius 2 is 2.15 bits per heavy atom. The van der Waals surface area contributed by atoms with Crippen molar-refractivity contribution in [2.75, 3.05) is 11.9 Å². The minimum absolute atomic E-state index is 0.462. The molecule has 0 bridgehead atoms. The van der Waals surface area contributed by atoms with Crippen molar-refractivity contribution in [1.82, 2.24) is 15.1 Å². The molecule has 1 amide bonds. The van der Waals surface area contributed by atoms with E-state index in [9.17, 15) is 4.79 Å². The Bertz CT molecular complexity index is 435. The zero-order valence-corrected chi connectivity index (χ0v) is 13.1.